The molecule has 0 aliphatic carbocycles. The molecule has 4 nitrogen and oxygen atoms in total. The van der Waals surface area contributed by atoms with Crippen molar-refractivity contribution in [1.82, 2.24) is 10.6 Å². The van der Waals surface area contributed by atoms with Gasteiger partial charge < -0.3 is 15.4 Å². The lowest BCUT2D eigenvalue weighted by molar-refractivity contribution is 0.172. The molecule has 0 unspecified atom stereocenters. The highest BCUT2D eigenvalue weighted by Gasteiger charge is 2.04. The summed E-state index contributed by atoms with van der Waals surface area (Å²) >= 11 is 0. The minimum Gasteiger partial charge on any atom is -0.453 e. The molecular weight excluding hydrogens is 156 g/mol. The summed E-state index contributed by atoms with van der Waals surface area (Å²) in [6.45, 7) is 2.50. The van der Waals surface area contributed by atoms with Crippen LogP contribution in [0, 0.1) is 0 Å². The Balaban J connectivity index is 2.21. The van der Waals surface area contributed by atoms with Gasteiger partial charge in [0.1, 0.15) is 0 Å². The Kier molecular flexibility index (Phi) is 3.60. The lowest BCUT2D eigenvalue weighted by Crippen LogP contribution is -2.29. The third-order valence-electron chi connectivity index (χ3n) is 1.80. The number of rotatable bonds is 2. The summed E-state index contributed by atoms with van der Waals surface area (Å²) in [4.78, 5) is 10.7. The number of nitrogens with one attached hydrogen (secondary N) is 2. The molecule has 0 aromatic rings. The Morgan fingerprint density at radius 1 is 1.83 bits per heavy atom. The number of ether oxygens (including phenoxy) is 1. The number of carbonyl (C=O) groups excluding carboxylic acids is 1. The number of amides is 1. The normalized spacial score (nSPS) is 16.6. The average molecular weight is 170 g/mol. The second kappa shape index (κ2) is 4.77. The van der Waals surface area contributed by atoms with Gasteiger partial charge in [0.2, 0.25) is 0 Å². The minimum atomic E-state index is -0.366. The van der Waals surface area contributed by atoms with Gasteiger partial charge in [0.15, 0.2) is 0 Å². The third kappa shape index (κ3) is 2.92. The van der Waals surface area contributed by atoms with Crippen LogP contribution in [-0.4, -0.2) is 32.8 Å². The van der Waals surface area contributed by atoms with Crippen molar-refractivity contribution in [3.8, 4) is 0 Å². The van der Waals surface area contributed by atoms with E-state index in [1.54, 1.807) is 0 Å². The van der Waals surface area contributed by atoms with Gasteiger partial charge in [0.05, 0.1) is 7.11 Å². The smallest absolute Gasteiger partial charge is 0.407 e. The first kappa shape index (κ1) is 9.06. The zero-order valence-electron chi connectivity index (χ0n) is 7.22. The highest BCUT2D eigenvalue weighted by atomic mass is 16.5. The molecule has 0 radical (unpaired) electrons. The number of methoxy groups -OCH3 is 1. The first-order chi connectivity index (χ1) is 5.83. The van der Waals surface area contributed by atoms with E-state index in [0.29, 0.717) is 6.54 Å². The summed E-state index contributed by atoms with van der Waals surface area (Å²) in [5.74, 6) is 0. The molecule has 0 fully saturated rings. The van der Waals surface area contributed by atoms with E-state index in [1.807, 2.05) is 0 Å². The Hall–Kier alpha value is -1.03. The van der Waals surface area contributed by atoms with Crippen LogP contribution in [0.5, 0.6) is 0 Å². The maximum absolute atomic E-state index is 10.7. The predicted molar refractivity (Wildman–Crippen MR) is 46.0 cm³/mol. The van der Waals surface area contributed by atoms with Crippen LogP contribution in [0.25, 0.3) is 0 Å². The number of carbonyl (C=O) groups is 1. The molecule has 0 aromatic carbocycles. The topological polar surface area (TPSA) is 50.4 Å². The number of hydrogen-bond donors (Lipinski definition) is 2. The largest absolute Gasteiger partial charge is 0.453 e. The van der Waals surface area contributed by atoms with Crippen molar-refractivity contribution in [2.24, 2.45) is 0 Å². The zero-order valence-corrected chi connectivity index (χ0v) is 7.22. The first-order valence-corrected chi connectivity index (χ1v) is 4.03. The molecule has 0 aromatic heterocycles. The minimum absolute atomic E-state index is 0.366. The molecule has 0 spiro atoms. The van der Waals surface area contributed by atoms with E-state index in [-0.39, 0.29) is 6.09 Å². The van der Waals surface area contributed by atoms with Crippen LogP contribution in [0.2, 0.25) is 0 Å². The van der Waals surface area contributed by atoms with Crippen molar-refractivity contribution >= 4 is 6.09 Å². The fourth-order valence-corrected chi connectivity index (χ4v) is 1.09. The van der Waals surface area contributed by atoms with Gasteiger partial charge in [-0.1, -0.05) is 11.6 Å². The Morgan fingerprint density at radius 3 is 3.25 bits per heavy atom. The first-order valence-electron chi connectivity index (χ1n) is 4.03. The molecule has 0 atom stereocenters. The van der Waals surface area contributed by atoms with Crippen molar-refractivity contribution in [2.45, 2.75) is 6.42 Å². The van der Waals surface area contributed by atoms with E-state index in [1.165, 1.54) is 12.7 Å². The standard InChI is InChI=1S/C8H14N2O2/c1-12-8(11)10-6-7-2-4-9-5-3-7/h2,9H,3-6H2,1H3,(H,10,11). The quantitative estimate of drug-likeness (QED) is 0.584. The zero-order chi connectivity index (χ0) is 8.81. The Bertz CT molecular complexity index is 189. The van der Waals surface area contributed by atoms with Gasteiger partial charge in [-0.2, -0.15) is 0 Å². The Morgan fingerprint density at radius 2 is 2.67 bits per heavy atom. The van der Waals surface area contributed by atoms with Crippen LogP contribution in [0.15, 0.2) is 11.6 Å². The third-order valence-corrected chi connectivity index (χ3v) is 1.80. The molecule has 1 rings (SSSR count). The van der Waals surface area contributed by atoms with E-state index in [9.17, 15) is 4.79 Å². The van der Waals surface area contributed by atoms with Crippen LogP contribution in [-0.2, 0) is 4.74 Å². The van der Waals surface area contributed by atoms with Crippen LogP contribution in [0.3, 0.4) is 0 Å². The van der Waals surface area contributed by atoms with Crippen molar-refractivity contribution < 1.29 is 9.53 Å². The van der Waals surface area contributed by atoms with E-state index < -0.39 is 0 Å². The number of hydrogen-bond acceptors (Lipinski definition) is 3. The van der Waals surface area contributed by atoms with E-state index in [4.69, 9.17) is 0 Å². The maximum atomic E-state index is 10.7. The molecule has 1 amide bonds. The molecule has 1 aliphatic heterocycles. The lowest BCUT2D eigenvalue weighted by atomic mass is 10.1. The highest BCUT2D eigenvalue weighted by Crippen LogP contribution is 2.01. The van der Waals surface area contributed by atoms with Gasteiger partial charge in [-0.15, -0.1) is 0 Å². The fourth-order valence-electron chi connectivity index (χ4n) is 1.09. The molecule has 68 valence electrons. The second-order valence-corrected chi connectivity index (χ2v) is 2.66. The molecule has 1 heterocycles. The lowest BCUT2D eigenvalue weighted by Gasteiger charge is -2.13. The van der Waals surface area contributed by atoms with E-state index in [0.717, 1.165) is 19.5 Å². The predicted octanol–water partition coefficient (Wildman–Crippen LogP) is 0.262. The number of alkyl carbamates (subject to hydrolysis) is 1. The van der Waals surface area contributed by atoms with E-state index in [2.05, 4.69) is 21.4 Å². The molecule has 2 N–H and O–H groups in total. The molecule has 0 saturated heterocycles. The summed E-state index contributed by atoms with van der Waals surface area (Å²) in [5.41, 5.74) is 1.26. The summed E-state index contributed by atoms with van der Waals surface area (Å²) in [5, 5.41) is 5.84. The van der Waals surface area contributed by atoms with Crippen molar-refractivity contribution in [3.05, 3.63) is 11.6 Å². The van der Waals surface area contributed by atoms with Crippen molar-refractivity contribution in [2.75, 3.05) is 26.7 Å². The molecule has 0 saturated carbocycles. The van der Waals surface area contributed by atoms with Crippen molar-refractivity contribution in [1.29, 1.82) is 0 Å². The van der Waals surface area contributed by atoms with Crippen LogP contribution >= 0.6 is 0 Å². The highest BCUT2D eigenvalue weighted by molar-refractivity contribution is 5.67. The van der Waals surface area contributed by atoms with Gasteiger partial charge in [-0.3, -0.25) is 0 Å². The van der Waals surface area contributed by atoms with Crippen LogP contribution in [0.1, 0.15) is 6.42 Å². The molecule has 0 bridgehead atoms. The molecule has 1 aliphatic rings. The SMILES string of the molecule is COC(=O)NCC1=CCNCC1. The van der Waals surface area contributed by atoms with Crippen LogP contribution < -0.4 is 10.6 Å². The summed E-state index contributed by atoms with van der Waals surface area (Å²) in [6, 6.07) is 0. The molecular formula is C8H14N2O2. The summed E-state index contributed by atoms with van der Waals surface area (Å²) in [6.07, 6.45) is 2.73. The van der Waals surface area contributed by atoms with Gasteiger partial charge in [0, 0.05) is 13.1 Å². The van der Waals surface area contributed by atoms with E-state index >= 15 is 0 Å². The molecule has 12 heavy (non-hydrogen) atoms. The maximum Gasteiger partial charge on any atom is 0.407 e. The van der Waals surface area contributed by atoms with Crippen LogP contribution in [0.4, 0.5) is 4.79 Å². The van der Waals surface area contributed by atoms with Gasteiger partial charge in [-0.25, -0.2) is 4.79 Å². The second-order valence-electron chi connectivity index (χ2n) is 2.66. The van der Waals surface area contributed by atoms with Gasteiger partial charge in [0.25, 0.3) is 0 Å². The molecule has 4 heteroatoms. The average Bonchev–Trinajstić information content (AvgIpc) is 2.16. The fraction of sp³-hybridized carbons (Fsp3) is 0.625. The Labute approximate surface area is 72.0 Å². The monoisotopic (exact) mass is 170 g/mol. The summed E-state index contributed by atoms with van der Waals surface area (Å²) < 4.78 is 4.45. The van der Waals surface area contributed by atoms with Gasteiger partial charge >= 0.3 is 6.09 Å². The summed E-state index contributed by atoms with van der Waals surface area (Å²) in [7, 11) is 1.37. The van der Waals surface area contributed by atoms with Gasteiger partial charge in [-0.05, 0) is 13.0 Å². The van der Waals surface area contributed by atoms with Crippen molar-refractivity contribution in [3.63, 3.8) is 0 Å².